The summed E-state index contributed by atoms with van der Waals surface area (Å²) in [7, 11) is 0. The minimum atomic E-state index is -0.440. The van der Waals surface area contributed by atoms with E-state index in [1.165, 1.54) is 0 Å². The highest BCUT2D eigenvalue weighted by Crippen LogP contribution is 2.23. The first kappa shape index (κ1) is 31.0. The van der Waals surface area contributed by atoms with Gasteiger partial charge in [-0.2, -0.15) is 0 Å². The van der Waals surface area contributed by atoms with Crippen molar-refractivity contribution in [1.29, 1.82) is 0 Å². The van der Waals surface area contributed by atoms with Crippen molar-refractivity contribution in [3.8, 4) is 0 Å². The van der Waals surface area contributed by atoms with Gasteiger partial charge >= 0.3 is 11.9 Å². The second-order valence-electron chi connectivity index (χ2n) is 9.66. The van der Waals surface area contributed by atoms with Crippen LogP contribution in [0.2, 0.25) is 0 Å². The van der Waals surface area contributed by atoms with Crippen LogP contribution in [-0.2, 0) is 31.9 Å². The Morgan fingerprint density at radius 1 is 0.634 bits per heavy atom. The number of carbonyl (C=O) groups excluding carboxylic acids is 4. The van der Waals surface area contributed by atoms with Crippen molar-refractivity contribution in [2.24, 2.45) is 0 Å². The lowest BCUT2D eigenvalue weighted by Gasteiger charge is -2.13. The van der Waals surface area contributed by atoms with E-state index in [-0.39, 0.29) is 11.6 Å². The van der Waals surface area contributed by atoms with E-state index in [0.29, 0.717) is 61.2 Å². The molecule has 41 heavy (non-hydrogen) atoms. The second-order valence-corrected chi connectivity index (χ2v) is 9.66. The maximum atomic E-state index is 13.5. The molecule has 0 aliphatic carbocycles. The van der Waals surface area contributed by atoms with E-state index in [4.69, 9.17) is 9.47 Å². The Labute approximate surface area is 241 Å². The molecule has 0 bridgehead atoms. The Kier molecular flexibility index (Phi) is 12.0. The van der Waals surface area contributed by atoms with Crippen LogP contribution in [-0.4, -0.2) is 36.7 Å². The zero-order chi connectivity index (χ0) is 29.6. The molecular weight excluding hydrogens is 516 g/mol. The summed E-state index contributed by atoms with van der Waals surface area (Å²) >= 11 is 0. The predicted molar refractivity (Wildman–Crippen MR) is 159 cm³/mol. The normalized spacial score (nSPS) is 10.5. The van der Waals surface area contributed by atoms with Gasteiger partial charge in [-0.3, -0.25) is 9.59 Å². The summed E-state index contributed by atoms with van der Waals surface area (Å²) in [5.74, 6) is -1.07. The summed E-state index contributed by atoms with van der Waals surface area (Å²) in [5, 5.41) is 0. The molecule has 0 amide bonds. The third-order valence-electron chi connectivity index (χ3n) is 6.76. The summed E-state index contributed by atoms with van der Waals surface area (Å²) in [4.78, 5) is 49.4. The van der Waals surface area contributed by atoms with Crippen LogP contribution in [0.1, 0.15) is 74.2 Å². The second kappa shape index (κ2) is 15.9. The Morgan fingerprint density at radius 3 is 1.61 bits per heavy atom. The number of aryl methyl sites for hydroxylation is 3. The Morgan fingerprint density at radius 2 is 1.12 bits per heavy atom. The molecule has 212 valence electrons. The SMILES string of the molecule is C=CC(=O)OCCCCc1ccccc1C(=O)c1ccc(C(=O)c2ccccc2CCCCOC(=O)C=C)c(C)c1. The summed E-state index contributed by atoms with van der Waals surface area (Å²) in [6, 6.07) is 20.2. The molecule has 0 aliphatic rings. The van der Waals surface area contributed by atoms with Crippen molar-refractivity contribution in [1.82, 2.24) is 0 Å². The number of hydrogen-bond donors (Lipinski definition) is 0. The first-order chi connectivity index (χ1) is 19.8. The van der Waals surface area contributed by atoms with Crippen LogP contribution in [0, 0.1) is 6.92 Å². The van der Waals surface area contributed by atoms with E-state index >= 15 is 0 Å². The molecule has 0 atom stereocenters. The number of rotatable bonds is 16. The van der Waals surface area contributed by atoms with Gasteiger partial charge in [-0.1, -0.05) is 73.8 Å². The van der Waals surface area contributed by atoms with Gasteiger partial charge in [0.1, 0.15) is 0 Å². The molecular formula is C35H36O6. The van der Waals surface area contributed by atoms with Crippen molar-refractivity contribution in [2.45, 2.75) is 45.4 Å². The van der Waals surface area contributed by atoms with Crippen molar-refractivity contribution in [2.75, 3.05) is 13.2 Å². The highest BCUT2D eigenvalue weighted by Gasteiger charge is 2.19. The van der Waals surface area contributed by atoms with Gasteiger partial charge in [-0.05, 0) is 68.2 Å². The fourth-order valence-corrected chi connectivity index (χ4v) is 4.58. The fourth-order valence-electron chi connectivity index (χ4n) is 4.58. The van der Waals surface area contributed by atoms with Gasteiger partial charge in [0.05, 0.1) is 13.2 Å². The Hall–Kier alpha value is -4.58. The molecule has 0 heterocycles. The Bertz CT molecular complexity index is 1420. The maximum absolute atomic E-state index is 13.5. The first-order valence-electron chi connectivity index (χ1n) is 13.8. The lowest BCUT2D eigenvalue weighted by molar-refractivity contribution is -0.138. The number of carbonyl (C=O) groups is 4. The van der Waals surface area contributed by atoms with E-state index in [1.807, 2.05) is 55.5 Å². The summed E-state index contributed by atoms with van der Waals surface area (Å²) in [5.41, 5.74) is 4.91. The van der Waals surface area contributed by atoms with Crippen LogP contribution < -0.4 is 0 Å². The standard InChI is InChI=1S/C35H36O6/c1-4-32(36)40-22-12-10-16-26-14-6-8-18-30(26)34(38)28-20-21-29(25(3)24-28)35(39)31-19-9-7-15-27(31)17-11-13-23-41-33(37)5-2/h4-9,14-15,18-21,24H,1-2,10-13,16-17,22-23H2,3H3. The molecule has 0 radical (unpaired) electrons. The highest BCUT2D eigenvalue weighted by atomic mass is 16.5. The molecule has 3 rings (SSSR count). The maximum Gasteiger partial charge on any atom is 0.330 e. The van der Waals surface area contributed by atoms with Crippen molar-refractivity contribution in [3.05, 3.63) is 131 Å². The van der Waals surface area contributed by atoms with Gasteiger partial charge in [-0.15, -0.1) is 0 Å². The molecule has 0 N–H and O–H groups in total. The average molecular weight is 553 g/mol. The topological polar surface area (TPSA) is 86.7 Å². The van der Waals surface area contributed by atoms with Crippen LogP contribution in [0.5, 0.6) is 0 Å². The quantitative estimate of drug-likeness (QED) is 0.0866. The van der Waals surface area contributed by atoms with Crippen LogP contribution in [0.15, 0.2) is 92.0 Å². The van der Waals surface area contributed by atoms with E-state index in [1.54, 1.807) is 18.2 Å². The zero-order valence-corrected chi connectivity index (χ0v) is 23.5. The van der Waals surface area contributed by atoms with E-state index in [9.17, 15) is 19.2 Å². The lowest BCUT2D eigenvalue weighted by Crippen LogP contribution is -2.10. The molecule has 3 aromatic carbocycles. The molecule has 0 fully saturated rings. The fraction of sp³-hybridized carbons (Fsp3) is 0.257. The first-order valence-corrected chi connectivity index (χ1v) is 13.8. The molecule has 3 aromatic rings. The summed E-state index contributed by atoms with van der Waals surface area (Å²) < 4.78 is 10.1. The molecule has 0 saturated carbocycles. The Balaban J connectivity index is 1.68. The minimum absolute atomic E-state index is 0.0901. The van der Waals surface area contributed by atoms with Crippen molar-refractivity contribution in [3.63, 3.8) is 0 Å². The molecule has 6 heteroatoms. The van der Waals surface area contributed by atoms with Gasteiger partial charge in [-0.25, -0.2) is 9.59 Å². The minimum Gasteiger partial charge on any atom is -0.463 e. The average Bonchev–Trinajstić information content (AvgIpc) is 3.00. The van der Waals surface area contributed by atoms with E-state index < -0.39 is 11.9 Å². The van der Waals surface area contributed by atoms with Gasteiger partial charge in [0.2, 0.25) is 0 Å². The van der Waals surface area contributed by atoms with Crippen LogP contribution in [0.4, 0.5) is 0 Å². The van der Waals surface area contributed by atoms with Crippen LogP contribution >= 0.6 is 0 Å². The van der Waals surface area contributed by atoms with Crippen molar-refractivity contribution < 1.29 is 28.7 Å². The number of esters is 2. The molecule has 0 aliphatic heterocycles. The smallest absolute Gasteiger partial charge is 0.330 e. The third-order valence-corrected chi connectivity index (χ3v) is 6.76. The predicted octanol–water partition coefficient (Wildman–Crippen LogP) is 6.56. The summed E-state index contributed by atoms with van der Waals surface area (Å²) in [6.07, 6.45) is 6.53. The molecule has 6 nitrogen and oxygen atoms in total. The monoisotopic (exact) mass is 552 g/mol. The molecule has 0 aromatic heterocycles. The number of ketones is 2. The molecule has 0 saturated heterocycles. The number of benzene rings is 3. The van der Waals surface area contributed by atoms with Gasteiger partial charge in [0.15, 0.2) is 11.6 Å². The molecule has 0 unspecified atom stereocenters. The lowest BCUT2D eigenvalue weighted by atomic mass is 9.90. The third kappa shape index (κ3) is 8.97. The van der Waals surface area contributed by atoms with E-state index in [2.05, 4.69) is 13.2 Å². The van der Waals surface area contributed by atoms with Crippen LogP contribution in [0.25, 0.3) is 0 Å². The van der Waals surface area contributed by atoms with Crippen LogP contribution in [0.3, 0.4) is 0 Å². The van der Waals surface area contributed by atoms with Crippen molar-refractivity contribution >= 4 is 23.5 Å². The number of ether oxygens (including phenoxy) is 2. The highest BCUT2D eigenvalue weighted by molar-refractivity contribution is 6.13. The summed E-state index contributed by atoms with van der Waals surface area (Å²) in [6.45, 7) is 9.23. The largest absolute Gasteiger partial charge is 0.463 e. The van der Waals surface area contributed by atoms with Gasteiger partial charge < -0.3 is 9.47 Å². The number of unbranched alkanes of at least 4 members (excludes halogenated alkanes) is 2. The van der Waals surface area contributed by atoms with Gasteiger partial charge in [0, 0.05) is 34.4 Å². The van der Waals surface area contributed by atoms with Gasteiger partial charge in [0.25, 0.3) is 0 Å². The number of hydrogen-bond acceptors (Lipinski definition) is 6. The van der Waals surface area contributed by atoms with E-state index in [0.717, 1.165) is 41.7 Å². The molecule has 0 spiro atoms. The zero-order valence-electron chi connectivity index (χ0n) is 23.5.